The second-order valence-corrected chi connectivity index (χ2v) is 11.5. The predicted octanol–water partition coefficient (Wildman–Crippen LogP) is 3.31. The minimum Gasteiger partial charge on any atom is -0.331 e. The van der Waals surface area contributed by atoms with E-state index in [2.05, 4.69) is 27.1 Å². The standard InChI is InChI=1S/C28H36F2N6O2/c1-5-8-28(29,30)19-10-23-25(33-11-19)27(3,4)17-36(23)24(37)16-34-13-18(2)32-12-20(34)14-35-15-22-21(26(35)38)7-6-9-31-22/h6-7,9-11,18,20,32H,5,8,12-17H2,1-4H3/t18-,20-/m1/s1. The highest BCUT2D eigenvalue weighted by atomic mass is 19.3. The number of nitrogens with zero attached hydrogens (tertiary/aromatic N) is 5. The molecular weight excluding hydrogens is 490 g/mol. The molecule has 0 saturated carbocycles. The zero-order valence-corrected chi connectivity index (χ0v) is 22.5. The van der Waals surface area contributed by atoms with Crippen molar-refractivity contribution in [3.63, 3.8) is 0 Å². The van der Waals surface area contributed by atoms with E-state index in [4.69, 9.17) is 0 Å². The Balaban J connectivity index is 1.35. The van der Waals surface area contributed by atoms with Gasteiger partial charge in [-0.25, -0.2) is 8.78 Å². The molecule has 8 nitrogen and oxygen atoms in total. The molecule has 2 aromatic heterocycles. The van der Waals surface area contributed by atoms with Gasteiger partial charge in [0, 0.05) is 68.1 Å². The first-order valence-electron chi connectivity index (χ1n) is 13.4. The van der Waals surface area contributed by atoms with Crippen LogP contribution in [0.4, 0.5) is 14.5 Å². The van der Waals surface area contributed by atoms with Crippen LogP contribution in [0.3, 0.4) is 0 Å². The summed E-state index contributed by atoms with van der Waals surface area (Å²) < 4.78 is 29.5. The summed E-state index contributed by atoms with van der Waals surface area (Å²) in [6, 6.07) is 5.13. The van der Waals surface area contributed by atoms with Crippen LogP contribution in [0.1, 0.15) is 67.8 Å². The third-order valence-corrected chi connectivity index (χ3v) is 7.88. The number of nitrogens with one attached hydrogen (secondary N) is 1. The molecule has 3 aliphatic heterocycles. The van der Waals surface area contributed by atoms with Crippen molar-refractivity contribution < 1.29 is 18.4 Å². The van der Waals surface area contributed by atoms with Crippen LogP contribution in [0.15, 0.2) is 30.6 Å². The van der Waals surface area contributed by atoms with Crippen LogP contribution < -0.4 is 10.2 Å². The highest BCUT2D eigenvalue weighted by Gasteiger charge is 2.43. The normalized spacial score (nSPS) is 23.1. The van der Waals surface area contributed by atoms with E-state index in [9.17, 15) is 18.4 Å². The van der Waals surface area contributed by atoms with Crippen LogP contribution in [-0.2, 0) is 22.7 Å². The number of fused-ring (bicyclic) bond motifs is 2. The largest absolute Gasteiger partial charge is 0.331 e. The first kappa shape index (κ1) is 26.6. The van der Waals surface area contributed by atoms with Crippen LogP contribution >= 0.6 is 0 Å². The van der Waals surface area contributed by atoms with Gasteiger partial charge in [0.15, 0.2) is 0 Å². The van der Waals surface area contributed by atoms with Crippen molar-refractivity contribution in [2.75, 3.05) is 37.6 Å². The molecule has 0 radical (unpaired) electrons. The first-order valence-corrected chi connectivity index (χ1v) is 13.4. The number of piperazine rings is 1. The van der Waals surface area contributed by atoms with E-state index in [1.807, 2.05) is 13.8 Å². The van der Waals surface area contributed by atoms with Gasteiger partial charge in [0.2, 0.25) is 5.91 Å². The Bertz CT molecular complexity index is 1240. The van der Waals surface area contributed by atoms with E-state index < -0.39 is 11.3 Å². The minimum atomic E-state index is -2.99. The van der Waals surface area contributed by atoms with Gasteiger partial charge in [0.1, 0.15) is 0 Å². The van der Waals surface area contributed by atoms with Gasteiger partial charge in [-0.2, -0.15) is 0 Å². The summed E-state index contributed by atoms with van der Waals surface area (Å²) in [7, 11) is 0. The van der Waals surface area contributed by atoms with Crippen molar-refractivity contribution >= 4 is 17.5 Å². The SMILES string of the molecule is CCCC(F)(F)c1cnc2c(c1)N(C(=O)CN1C[C@@H](C)NC[C@@H]1CN1Cc3ncccc3C1=O)CC2(C)C. The lowest BCUT2D eigenvalue weighted by molar-refractivity contribution is -0.120. The number of carbonyl (C=O) groups excluding carboxylic acids is 2. The maximum absolute atomic E-state index is 14.7. The van der Waals surface area contributed by atoms with Gasteiger partial charge in [-0.15, -0.1) is 0 Å². The second-order valence-electron chi connectivity index (χ2n) is 11.5. The van der Waals surface area contributed by atoms with Crippen LogP contribution in [0.2, 0.25) is 0 Å². The Kier molecular flexibility index (Phi) is 6.98. The van der Waals surface area contributed by atoms with E-state index in [-0.39, 0.29) is 42.4 Å². The highest BCUT2D eigenvalue weighted by Crippen LogP contribution is 2.42. The lowest BCUT2D eigenvalue weighted by Gasteiger charge is -2.41. The topological polar surface area (TPSA) is 81.7 Å². The number of anilines is 1. The van der Waals surface area contributed by atoms with Crippen molar-refractivity contribution in [2.45, 2.75) is 70.5 Å². The van der Waals surface area contributed by atoms with E-state index in [1.54, 1.807) is 35.1 Å². The Morgan fingerprint density at radius 2 is 2.08 bits per heavy atom. The number of rotatable bonds is 7. The third-order valence-electron chi connectivity index (χ3n) is 7.88. The smallest absolute Gasteiger partial charge is 0.274 e. The van der Waals surface area contributed by atoms with Gasteiger partial charge in [-0.3, -0.25) is 24.5 Å². The van der Waals surface area contributed by atoms with E-state index in [0.717, 1.165) is 5.69 Å². The molecule has 0 spiro atoms. The third kappa shape index (κ3) is 4.91. The van der Waals surface area contributed by atoms with Crippen LogP contribution in [0.25, 0.3) is 0 Å². The van der Waals surface area contributed by atoms with Gasteiger partial charge in [-0.1, -0.05) is 27.2 Å². The molecule has 0 aromatic carbocycles. The summed E-state index contributed by atoms with van der Waals surface area (Å²) in [4.78, 5) is 41.0. The molecule has 1 N–H and O–H groups in total. The summed E-state index contributed by atoms with van der Waals surface area (Å²) >= 11 is 0. The van der Waals surface area contributed by atoms with Gasteiger partial charge in [-0.05, 0) is 25.1 Å². The average molecular weight is 527 g/mol. The quantitative estimate of drug-likeness (QED) is 0.596. The monoisotopic (exact) mass is 526 g/mol. The molecule has 5 rings (SSSR count). The molecular formula is C28H36F2N6O2. The van der Waals surface area contributed by atoms with Crippen molar-refractivity contribution in [1.82, 2.24) is 25.1 Å². The number of amides is 2. The molecule has 0 aliphatic carbocycles. The molecule has 3 aliphatic rings. The fourth-order valence-corrected chi connectivity index (χ4v) is 5.86. The molecule has 1 saturated heterocycles. The number of pyridine rings is 2. The predicted molar refractivity (Wildman–Crippen MR) is 140 cm³/mol. The number of carbonyl (C=O) groups is 2. The number of alkyl halides is 2. The maximum atomic E-state index is 14.7. The Morgan fingerprint density at radius 1 is 1.29 bits per heavy atom. The van der Waals surface area contributed by atoms with Crippen LogP contribution in [0, 0.1) is 0 Å². The summed E-state index contributed by atoms with van der Waals surface area (Å²) in [5.41, 5.74) is 1.95. The molecule has 0 unspecified atom stereocenters. The molecule has 0 bridgehead atoms. The number of hydrogen-bond acceptors (Lipinski definition) is 6. The Hall–Kier alpha value is -2.98. The first-order chi connectivity index (χ1) is 18.0. The minimum absolute atomic E-state index is 0.0418. The van der Waals surface area contributed by atoms with Gasteiger partial charge < -0.3 is 15.1 Å². The molecule has 2 aromatic rings. The molecule has 2 atom stereocenters. The van der Waals surface area contributed by atoms with Crippen LogP contribution in [0.5, 0.6) is 0 Å². The maximum Gasteiger partial charge on any atom is 0.274 e. The number of halogens is 2. The Morgan fingerprint density at radius 3 is 2.82 bits per heavy atom. The summed E-state index contributed by atoms with van der Waals surface area (Å²) in [5, 5.41) is 3.47. The summed E-state index contributed by atoms with van der Waals surface area (Å²) in [6.07, 6.45) is 3.04. The fourth-order valence-electron chi connectivity index (χ4n) is 5.86. The van der Waals surface area contributed by atoms with Crippen molar-refractivity contribution in [3.05, 3.63) is 53.1 Å². The Labute approximate surface area is 222 Å². The van der Waals surface area contributed by atoms with Gasteiger partial charge >= 0.3 is 0 Å². The van der Waals surface area contributed by atoms with E-state index in [0.29, 0.717) is 56.1 Å². The lowest BCUT2D eigenvalue weighted by atomic mass is 9.91. The van der Waals surface area contributed by atoms with Gasteiger partial charge in [0.05, 0.1) is 35.7 Å². The fraction of sp³-hybridized carbons (Fsp3) is 0.571. The summed E-state index contributed by atoms with van der Waals surface area (Å²) in [6.45, 7) is 10.5. The van der Waals surface area contributed by atoms with Gasteiger partial charge in [0.25, 0.3) is 11.8 Å². The number of aromatic nitrogens is 2. The zero-order chi connectivity index (χ0) is 27.2. The van der Waals surface area contributed by atoms with E-state index in [1.165, 1.54) is 12.3 Å². The highest BCUT2D eigenvalue weighted by molar-refractivity contribution is 5.98. The molecule has 204 valence electrons. The zero-order valence-electron chi connectivity index (χ0n) is 22.5. The molecule has 2 amide bonds. The van der Waals surface area contributed by atoms with Crippen LogP contribution in [-0.4, -0.2) is 76.4 Å². The second kappa shape index (κ2) is 9.96. The lowest BCUT2D eigenvalue weighted by Crippen LogP contribution is -2.60. The average Bonchev–Trinajstić information content (AvgIpc) is 3.33. The molecule has 10 heteroatoms. The van der Waals surface area contributed by atoms with Crippen molar-refractivity contribution in [2.24, 2.45) is 0 Å². The molecule has 5 heterocycles. The molecule has 38 heavy (non-hydrogen) atoms. The van der Waals surface area contributed by atoms with E-state index >= 15 is 0 Å². The van der Waals surface area contributed by atoms with Crippen molar-refractivity contribution in [1.29, 1.82) is 0 Å². The number of hydrogen-bond donors (Lipinski definition) is 1. The van der Waals surface area contributed by atoms with Crippen molar-refractivity contribution in [3.8, 4) is 0 Å². The summed E-state index contributed by atoms with van der Waals surface area (Å²) in [5.74, 6) is -3.18. The molecule has 1 fully saturated rings.